The van der Waals surface area contributed by atoms with Gasteiger partial charge in [-0.25, -0.2) is 13.1 Å². The first-order chi connectivity index (χ1) is 14.3. The quantitative estimate of drug-likeness (QED) is 0.563. The molecule has 0 saturated carbocycles. The highest BCUT2D eigenvalue weighted by molar-refractivity contribution is 9.10. The normalized spacial score (nSPS) is 14.5. The predicted molar refractivity (Wildman–Crippen MR) is 121 cm³/mol. The fourth-order valence-corrected chi connectivity index (χ4v) is 4.79. The number of sulfonamides is 1. The van der Waals surface area contributed by atoms with E-state index in [1.165, 1.54) is 0 Å². The van der Waals surface area contributed by atoms with Gasteiger partial charge in [0.25, 0.3) is 0 Å². The second kappa shape index (κ2) is 8.22. The van der Waals surface area contributed by atoms with Crippen LogP contribution in [0.1, 0.15) is 42.7 Å². The molecule has 10 heteroatoms. The summed E-state index contributed by atoms with van der Waals surface area (Å²) in [5, 5.41) is 9.17. The molecular formula is C20H19BrClN5O2S. The van der Waals surface area contributed by atoms with E-state index in [-0.39, 0.29) is 12.3 Å². The molecule has 2 heterocycles. The van der Waals surface area contributed by atoms with Crippen LogP contribution in [0.2, 0.25) is 5.02 Å². The molecule has 1 aliphatic rings. The van der Waals surface area contributed by atoms with E-state index in [1.807, 2.05) is 47.0 Å². The summed E-state index contributed by atoms with van der Waals surface area (Å²) < 4.78 is 29.6. The van der Waals surface area contributed by atoms with Crippen LogP contribution in [0.3, 0.4) is 0 Å². The molecule has 0 amide bonds. The van der Waals surface area contributed by atoms with Crippen molar-refractivity contribution in [3.63, 3.8) is 0 Å². The van der Waals surface area contributed by atoms with Crippen LogP contribution in [0, 0.1) is 0 Å². The topological polar surface area (TPSA) is 89.2 Å². The lowest BCUT2D eigenvalue weighted by atomic mass is 10.0. The molecule has 1 aliphatic heterocycles. The minimum atomic E-state index is -3.41. The Morgan fingerprint density at radius 3 is 2.70 bits per heavy atom. The van der Waals surface area contributed by atoms with Crippen LogP contribution in [0.4, 0.5) is 0 Å². The van der Waals surface area contributed by atoms with Crippen LogP contribution in [-0.2, 0) is 16.6 Å². The SMILES string of the molecule is CCS(=O)(=O)N[C@H](C)c1nnc2n1-c1ccc(Br)cc1C(c1ccccc1Cl)=NC2. The molecule has 0 radical (unpaired) electrons. The van der Waals surface area contributed by atoms with Gasteiger partial charge in [-0.1, -0.05) is 45.7 Å². The van der Waals surface area contributed by atoms with Crippen molar-refractivity contribution in [3.8, 4) is 5.69 Å². The van der Waals surface area contributed by atoms with Crippen LogP contribution < -0.4 is 4.72 Å². The van der Waals surface area contributed by atoms with Gasteiger partial charge in [-0.15, -0.1) is 10.2 Å². The van der Waals surface area contributed by atoms with E-state index in [1.54, 1.807) is 13.8 Å². The average Bonchev–Trinajstić information content (AvgIpc) is 3.06. The van der Waals surface area contributed by atoms with Crippen molar-refractivity contribution in [1.29, 1.82) is 0 Å². The largest absolute Gasteiger partial charge is 0.279 e. The predicted octanol–water partition coefficient (Wildman–Crippen LogP) is 4.03. The number of nitrogens with zero attached hydrogens (tertiary/aromatic N) is 4. The van der Waals surface area contributed by atoms with Gasteiger partial charge < -0.3 is 0 Å². The molecule has 0 fully saturated rings. The monoisotopic (exact) mass is 507 g/mol. The maximum atomic E-state index is 12.1. The zero-order valence-corrected chi connectivity index (χ0v) is 19.5. The summed E-state index contributed by atoms with van der Waals surface area (Å²) in [5.74, 6) is 1.11. The van der Waals surface area contributed by atoms with Crippen LogP contribution in [0.5, 0.6) is 0 Å². The fraction of sp³-hybridized carbons (Fsp3) is 0.250. The van der Waals surface area contributed by atoms with Crippen LogP contribution in [0.15, 0.2) is 51.9 Å². The maximum absolute atomic E-state index is 12.1. The van der Waals surface area contributed by atoms with Crippen LogP contribution in [-0.4, -0.2) is 34.6 Å². The Bertz CT molecular complexity index is 1260. The molecule has 4 rings (SSSR count). The molecule has 0 unspecified atom stereocenters. The van der Waals surface area contributed by atoms with Gasteiger partial charge in [0.15, 0.2) is 11.6 Å². The van der Waals surface area contributed by atoms with E-state index < -0.39 is 16.1 Å². The van der Waals surface area contributed by atoms with E-state index in [0.29, 0.717) is 16.7 Å². The van der Waals surface area contributed by atoms with Crippen molar-refractivity contribution >= 4 is 43.3 Å². The molecule has 0 aliphatic carbocycles. The van der Waals surface area contributed by atoms with E-state index in [9.17, 15) is 8.42 Å². The number of fused-ring (bicyclic) bond motifs is 3. The molecule has 0 saturated heterocycles. The molecule has 156 valence electrons. The number of nitrogens with one attached hydrogen (secondary N) is 1. The Morgan fingerprint density at radius 1 is 1.20 bits per heavy atom. The van der Waals surface area contributed by atoms with Gasteiger partial charge in [0.2, 0.25) is 10.0 Å². The molecule has 0 bridgehead atoms. The smallest absolute Gasteiger partial charge is 0.211 e. The maximum Gasteiger partial charge on any atom is 0.211 e. The molecule has 1 N–H and O–H groups in total. The summed E-state index contributed by atoms with van der Waals surface area (Å²) in [4.78, 5) is 4.79. The molecular weight excluding hydrogens is 490 g/mol. The molecule has 1 aromatic heterocycles. The first kappa shape index (κ1) is 21.2. The lowest BCUT2D eigenvalue weighted by Crippen LogP contribution is -2.30. The number of hydrogen-bond acceptors (Lipinski definition) is 5. The third-order valence-corrected chi connectivity index (χ3v) is 7.14. The summed E-state index contributed by atoms with van der Waals surface area (Å²) >= 11 is 10.0. The zero-order chi connectivity index (χ0) is 21.5. The van der Waals surface area contributed by atoms with Gasteiger partial charge in [-0.2, -0.15) is 0 Å². The second-order valence-corrected chi connectivity index (χ2v) is 10.2. The minimum absolute atomic E-state index is 0.0123. The standard InChI is InChI=1S/C20H19BrClN5O2S/c1-3-30(28,29)26-12(2)20-25-24-18-11-23-19(14-6-4-5-7-16(14)22)15-10-13(21)8-9-17(15)27(18)20/h4-10,12,26H,3,11H2,1-2H3/t12-/m1/s1. The summed E-state index contributed by atoms with van der Waals surface area (Å²) in [6.07, 6.45) is 0. The van der Waals surface area contributed by atoms with Crippen molar-refractivity contribution in [3.05, 3.63) is 74.7 Å². The highest BCUT2D eigenvalue weighted by Gasteiger charge is 2.27. The number of aliphatic imine (C=N–C) groups is 1. The third kappa shape index (κ3) is 3.94. The zero-order valence-electron chi connectivity index (χ0n) is 16.3. The Morgan fingerprint density at radius 2 is 1.97 bits per heavy atom. The average molecular weight is 509 g/mol. The fourth-order valence-electron chi connectivity index (χ4n) is 3.39. The molecule has 2 aromatic carbocycles. The van der Waals surface area contributed by atoms with E-state index in [2.05, 4.69) is 30.8 Å². The van der Waals surface area contributed by atoms with Crippen molar-refractivity contribution in [2.75, 3.05) is 5.75 Å². The van der Waals surface area contributed by atoms with Gasteiger partial charge in [-0.3, -0.25) is 9.56 Å². The summed E-state index contributed by atoms with van der Waals surface area (Å²) in [6, 6.07) is 12.8. The van der Waals surface area contributed by atoms with E-state index in [4.69, 9.17) is 16.6 Å². The van der Waals surface area contributed by atoms with Crippen molar-refractivity contribution in [2.45, 2.75) is 26.4 Å². The third-order valence-electron chi connectivity index (χ3n) is 4.84. The van der Waals surface area contributed by atoms with Crippen molar-refractivity contribution in [2.24, 2.45) is 4.99 Å². The van der Waals surface area contributed by atoms with Crippen LogP contribution >= 0.6 is 27.5 Å². The molecule has 7 nitrogen and oxygen atoms in total. The van der Waals surface area contributed by atoms with E-state index >= 15 is 0 Å². The minimum Gasteiger partial charge on any atom is -0.279 e. The Labute approximate surface area is 188 Å². The lowest BCUT2D eigenvalue weighted by Gasteiger charge is -2.18. The van der Waals surface area contributed by atoms with Crippen molar-refractivity contribution < 1.29 is 8.42 Å². The first-order valence-corrected chi connectivity index (χ1v) is 12.2. The van der Waals surface area contributed by atoms with Gasteiger partial charge in [0.1, 0.15) is 6.54 Å². The lowest BCUT2D eigenvalue weighted by molar-refractivity contribution is 0.557. The number of hydrogen-bond donors (Lipinski definition) is 1. The Balaban J connectivity index is 1.89. The summed E-state index contributed by atoms with van der Waals surface area (Å²) in [7, 11) is -3.41. The van der Waals surface area contributed by atoms with Gasteiger partial charge in [0, 0.05) is 20.6 Å². The highest BCUT2D eigenvalue weighted by Crippen LogP contribution is 2.31. The number of aromatic nitrogens is 3. The van der Waals surface area contributed by atoms with Gasteiger partial charge >= 0.3 is 0 Å². The highest BCUT2D eigenvalue weighted by atomic mass is 79.9. The molecule has 0 spiro atoms. The molecule has 1 atom stereocenters. The van der Waals surface area contributed by atoms with Crippen LogP contribution in [0.25, 0.3) is 5.69 Å². The number of benzene rings is 2. The Hall–Kier alpha value is -2.07. The second-order valence-electron chi connectivity index (χ2n) is 6.86. The summed E-state index contributed by atoms with van der Waals surface area (Å²) in [5.41, 5.74) is 3.23. The summed E-state index contributed by atoms with van der Waals surface area (Å²) in [6.45, 7) is 3.63. The van der Waals surface area contributed by atoms with Gasteiger partial charge in [0.05, 0.1) is 23.2 Å². The Kier molecular flexibility index (Phi) is 5.80. The van der Waals surface area contributed by atoms with Gasteiger partial charge in [-0.05, 0) is 38.1 Å². The first-order valence-electron chi connectivity index (χ1n) is 9.34. The number of halogens is 2. The van der Waals surface area contributed by atoms with E-state index in [0.717, 1.165) is 27.0 Å². The van der Waals surface area contributed by atoms with Crippen molar-refractivity contribution in [1.82, 2.24) is 19.5 Å². The molecule has 30 heavy (non-hydrogen) atoms. The number of rotatable bonds is 5. The molecule has 3 aromatic rings.